The molecule has 0 radical (unpaired) electrons. The molecule has 1 aromatic heterocycles. The van der Waals surface area contributed by atoms with Crippen LogP contribution in [0.25, 0.3) is 11.4 Å². The van der Waals surface area contributed by atoms with Crippen molar-refractivity contribution in [3.63, 3.8) is 0 Å². The summed E-state index contributed by atoms with van der Waals surface area (Å²) in [4.78, 5) is 4.18. The predicted molar refractivity (Wildman–Crippen MR) is 68.0 cm³/mol. The third kappa shape index (κ3) is 2.98. The summed E-state index contributed by atoms with van der Waals surface area (Å²) in [5, 5.41) is 11.5. The van der Waals surface area contributed by atoms with Gasteiger partial charge in [-0.1, -0.05) is 40.7 Å². The monoisotopic (exact) mass is 268 g/mol. The van der Waals surface area contributed by atoms with Crippen LogP contribution in [0.3, 0.4) is 0 Å². The number of nitrogens with zero attached hydrogens (tertiary/aromatic N) is 2. The van der Waals surface area contributed by atoms with Crippen molar-refractivity contribution >= 4 is 28.5 Å². The van der Waals surface area contributed by atoms with Gasteiger partial charge in [0.25, 0.3) is 0 Å². The minimum atomic E-state index is 0.0162. The average Bonchev–Trinajstić information content (AvgIpc) is 2.75. The number of thioether (sulfide) groups is 1. The number of hydrogen-bond acceptors (Lipinski definition) is 5. The van der Waals surface area contributed by atoms with E-state index in [1.165, 1.54) is 0 Å². The number of hydrogen-bond donors (Lipinski definition) is 2. The number of nitrogens with two attached hydrogens (primary N) is 1. The molecule has 2 aromatic rings. The quantitative estimate of drug-likeness (QED) is 0.659. The van der Waals surface area contributed by atoms with Gasteiger partial charge in [-0.15, -0.1) is 0 Å². The fourth-order valence-corrected chi connectivity index (χ4v) is 1.82. The largest absolute Gasteiger partial charge is 0.379 e. The lowest BCUT2D eigenvalue weighted by Crippen LogP contribution is -2.03. The molecule has 0 spiro atoms. The molecule has 0 saturated carbocycles. The van der Waals surface area contributed by atoms with Crippen LogP contribution in [0, 0.1) is 5.41 Å². The molecule has 88 valence electrons. The van der Waals surface area contributed by atoms with E-state index in [-0.39, 0.29) is 5.17 Å². The van der Waals surface area contributed by atoms with Gasteiger partial charge in [-0.3, -0.25) is 5.41 Å². The summed E-state index contributed by atoms with van der Waals surface area (Å²) in [6.45, 7) is 0. The third-order valence-electron chi connectivity index (χ3n) is 1.93. The van der Waals surface area contributed by atoms with E-state index in [9.17, 15) is 0 Å². The van der Waals surface area contributed by atoms with Crippen LogP contribution >= 0.6 is 23.4 Å². The number of rotatable bonds is 3. The maximum Gasteiger partial charge on any atom is 0.237 e. The lowest BCUT2D eigenvalue weighted by molar-refractivity contribution is 0.392. The smallest absolute Gasteiger partial charge is 0.237 e. The first-order chi connectivity index (χ1) is 8.16. The first-order valence-corrected chi connectivity index (χ1v) is 6.07. The zero-order valence-electron chi connectivity index (χ0n) is 8.68. The lowest BCUT2D eigenvalue weighted by atomic mass is 10.2. The Balaban J connectivity index is 2.18. The van der Waals surface area contributed by atoms with Gasteiger partial charge in [0.1, 0.15) is 0 Å². The molecule has 5 nitrogen and oxygen atoms in total. The van der Waals surface area contributed by atoms with Crippen LogP contribution in [0.5, 0.6) is 0 Å². The Hall–Kier alpha value is -1.53. The number of amidine groups is 1. The van der Waals surface area contributed by atoms with Gasteiger partial charge in [-0.25, -0.2) is 0 Å². The molecular formula is C10H9ClN4OS. The maximum absolute atomic E-state index is 7.08. The number of nitrogens with one attached hydrogen (secondary N) is 1. The van der Waals surface area contributed by atoms with Crippen molar-refractivity contribution in [3.8, 4) is 11.4 Å². The van der Waals surface area contributed by atoms with Gasteiger partial charge in [0.15, 0.2) is 5.17 Å². The van der Waals surface area contributed by atoms with Crippen molar-refractivity contribution in [1.82, 2.24) is 10.1 Å². The topological polar surface area (TPSA) is 88.8 Å². The SMILES string of the molecule is N=C(N)SCc1nc(-c2ccccc2Cl)no1. The highest BCUT2D eigenvalue weighted by molar-refractivity contribution is 8.12. The standard InChI is InChI=1S/C10H9ClN4OS/c11-7-4-2-1-3-6(7)9-14-8(16-15-9)5-17-10(12)13/h1-4H,5H2,(H3,12,13). The Morgan fingerprint density at radius 1 is 1.47 bits per heavy atom. The molecule has 7 heteroatoms. The molecule has 0 aliphatic rings. The second kappa shape index (κ2) is 5.20. The van der Waals surface area contributed by atoms with E-state index in [0.29, 0.717) is 22.5 Å². The molecule has 1 heterocycles. The summed E-state index contributed by atoms with van der Waals surface area (Å²) in [7, 11) is 0. The summed E-state index contributed by atoms with van der Waals surface area (Å²) >= 11 is 7.14. The molecule has 1 aromatic carbocycles. The Labute approximate surface area is 107 Å². The highest BCUT2D eigenvalue weighted by Gasteiger charge is 2.11. The summed E-state index contributed by atoms with van der Waals surface area (Å²) in [5.41, 5.74) is 5.94. The van der Waals surface area contributed by atoms with Gasteiger partial charge in [0.2, 0.25) is 11.7 Å². The minimum absolute atomic E-state index is 0.0162. The van der Waals surface area contributed by atoms with E-state index in [4.69, 9.17) is 27.3 Å². The fourth-order valence-electron chi connectivity index (χ4n) is 1.20. The van der Waals surface area contributed by atoms with Gasteiger partial charge in [-0.2, -0.15) is 4.98 Å². The van der Waals surface area contributed by atoms with E-state index >= 15 is 0 Å². The van der Waals surface area contributed by atoms with E-state index < -0.39 is 0 Å². The van der Waals surface area contributed by atoms with Gasteiger partial charge in [0.05, 0.1) is 10.8 Å². The van der Waals surface area contributed by atoms with Crippen molar-refractivity contribution < 1.29 is 4.52 Å². The summed E-state index contributed by atoms with van der Waals surface area (Å²) in [6, 6.07) is 7.26. The molecule has 17 heavy (non-hydrogen) atoms. The number of halogens is 1. The predicted octanol–water partition coefficient (Wildman–Crippen LogP) is 2.52. The summed E-state index contributed by atoms with van der Waals surface area (Å²) in [5.74, 6) is 1.24. The number of aromatic nitrogens is 2. The van der Waals surface area contributed by atoms with Crippen LogP contribution in [0.2, 0.25) is 5.02 Å². The van der Waals surface area contributed by atoms with Gasteiger partial charge in [-0.05, 0) is 12.1 Å². The van der Waals surface area contributed by atoms with Crippen LogP contribution in [0.15, 0.2) is 28.8 Å². The number of benzene rings is 1. The van der Waals surface area contributed by atoms with E-state index in [2.05, 4.69) is 10.1 Å². The zero-order chi connectivity index (χ0) is 12.3. The van der Waals surface area contributed by atoms with Gasteiger partial charge < -0.3 is 10.3 Å². The highest BCUT2D eigenvalue weighted by atomic mass is 35.5. The highest BCUT2D eigenvalue weighted by Crippen LogP contribution is 2.25. The van der Waals surface area contributed by atoms with Crippen molar-refractivity contribution in [3.05, 3.63) is 35.2 Å². The third-order valence-corrected chi connectivity index (χ3v) is 2.97. The molecule has 0 bridgehead atoms. The first kappa shape index (κ1) is 11.9. The van der Waals surface area contributed by atoms with Crippen LogP contribution in [0.4, 0.5) is 0 Å². The lowest BCUT2D eigenvalue weighted by Gasteiger charge is -1.96. The van der Waals surface area contributed by atoms with Crippen molar-refractivity contribution in [2.24, 2.45) is 5.73 Å². The molecule has 0 fully saturated rings. The molecule has 2 rings (SSSR count). The van der Waals surface area contributed by atoms with E-state index in [1.807, 2.05) is 18.2 Å². The Morgan fingerprint density at radius 3 is 2.94 bits per heavy atom. The summed E-state index contributed by atoms with van der Waals surface area (Å²) in [6.07, 6.45) is 0. The zero-order valence-corrected chi connectivity index (χ0v) is 10.3. The van der Waals surface area contributed by atoms with Crippen LogP contribution in [0.1, 0.15) is 5.89 Å². The molecule has 0 aliphatic heterocycles. The first-order valence-electron chi connectivity index (χ1n) is 4.71. The Kier molecular flexibility index (Phi) is 3.65. The van der Waals surface area contributed by atoms with Gasteiger partial charge in [0, 0.05) is 5.56 Å². The van der Waals surface area contributed by atoms with Crippen LogP contribution < -0.4 is 5.73 Å². The minimum Gasteiger partial charge on any atom is -0.379 e. The normalized spacial score (nSPS) is 10.4. The van der Waals surface area contributed by atoms with Crippen LogP contribution in [-0.2, 0) is 5.75 Å². The van der Waals surface area contributed by atoms with E-state index in [1.54, 1.807) is 6.07 Å². The van der Waals surface area contributed by atoms with Crippen molar-refractivity contribution in [2.45, 2.75) is 5.75 Å². The second-order valence-electron chi connectivity index (χ2n) is 3.14. The van der Waals surface area contributed by atoms with Crippen LogP contribution in [-0.4, -0.2) is 15.3 Å². The summed E-state index contributed by atoms with van der Waals surface area (Å²) < 4.78 is 5.03. The molecule has 0 aliphatic carbocycles. The molecule has 0 amide bonds. The van der Waals surface area contributed by atoms with Crippen molar-refractivity contribution in [1.29, 1.82) is 5.41 Å². The molecule has 0 saturated heterocycles. The molecule has 0 atom stereocenters. The fraction of sp³-hybridized carbons (Fsp3) is 0.100. The Bertz CT molecular complexity index is 543. The maximum atomic E-state index is 7.08. The second-order valence-corrected chi connectivity index (χ2v) is 4.57. The molecule has 0 unspecified atom stereocenters. The van der Waals surface area contributed by atoms with Crippen molar-refractivity contribution in [2.75, 3.05) is 0 Å². The molecular weight excluding hydrogens is 260 g/mol. The van der Waals surface area contributed by atoms with E-state index in [0.717, 1.165) is 17.3 Å². The molecule has 3 N–H and O–H groups in total. The average molecular weight is 269 g/mol. The van der Waals surface area contributed by atoms with Gasteiger partial charge >= 0.3 is 0 Å². The Morgan fingerprint density at radius 2 is 2.24 bits per heavy atom.